The number of primary amides is 1. The van der Waals surface area contributed by atoms with Gasteiger partial charge < -0.3 is 16.4 Å². The predicted octanol–water partition coefficient (Wildman–Crippen LogP) is 2.62. The van der Waals surface area contributed by atoms with Gasteiger partial charge in [-0.1, -0.05) is 24.3 Å². The molecule has 0 aliphatic carbocycles. The van der Waals surface area contributed by atoms with Gasteiger partial charge in [-0.15, -0.1) is 0 Å². The molecule has 0 aliphatic rings. The Balaban J connectivity index is 1.74. The van der Waals surface area contributed by atoms with Crippen LogP contribution in [0, 0.1) is 0 Å². The van der Waals surface area contributed by atoms with Crippen molar-refractivity contribution in [3.8, 4) is 5.69 Å². The molecule has 0 unspecified atom stereocenters. The number of urea groups is 1. The molecule has 7 heteroatoms. The van der Waals surface area contributed by atoms with Crippen LogP contribution in [0.25, 0.3) is 5.69 Å². The van der Waals surface area contributed by atoms with Crippen LogP contribution in [0.5, 0.6) is 0 Å². The summed E-state index contributed by atoms with van der Waals surface area (Å²) >= 11 is 0. The van der Waals surface area contributed by atoms with Crippen LogP contribution in [0.4, 0.5) is 16.2 Å². The monoisotopic (exact) mass is 321 g/mol. The van der Waals surface area contributed by atoms with E-state index >= 15 is 0 Å². The van der Waals surface area contributed by atoms with Gasteiger partial charge in [0.1, 0.15) is 0 Å². The van der Waals surface area contributed by atoms with Crippen LogP contribution in [-0.4, -0.2) is 21.7 Å². The maximum Gasteiger partial charge on any atom is 0.316 e. The fraction of sp³-hybridized carbons (Fsp3) is 0. The van der Waals surface area contributed by atoms with Crippen LogP contribution in [-0.2, 0) is 0 Å². The van der Waals surface area contributed by atoms with Crippen LogP contribution in [0.3, 0.4) is 0 Å². The van der Waals surface area contributed by atoms with E-state index < -0.39 is 6.03 Å². The van der Waals surface area contributed by atoms with Gasteiger partial charge in [0.15, 0.2) is 5.69 Å². The van der Waals surface area contributed by atoms with E-state index in [0.717, 1.165) is 5.69 Å². The molecule has 1 aromatic heterocycles. The zero-order valence-electron chi connectivity index (χ0n) is 12.6. The average molecular weight is 321 g/mol. The number of carbonyl (C=O) groups excluding carboxylic acids is 2. The maximum absolute atomic E-state index is 12.3. The number of nitrogens with zero attached hydrogens (tertiary/aromatic N) is 2. The highest BCUT2D eigenvalue weighted by atomic mass is 16.2. The van der Waals surface area contributed by atoms with Gasteiger partial charge in [0.2, 0.25) is 0 Å². The van der Waals surface area contributed by atoms with E-state index in [1.807, 2.05) is 30.3 Å². The average Bonchev–Trinajstić information content (AvgIpc) is 3.05. The summed E-state index contributed by atoms with van der Waals surface area (Å²) in [7, 11) is 0. The van der Waals surface area contributed by atoms with Crippen LogP contribution in [0.1, 0.15) is 10.5 Å². The quantitative estimate of drug-likeness (QED) is 0.688. The molecule has 0 aliphatic heterocycles. The highest BCUT2D eigenvalue weighted by molar-refractivity contribution is 6.03. The van der Waals surface area contributed by atoms with E-state index in [0.29, 0.717) is 11.4 Å². The lowest BCUT2D eigenvalue weighted by atomic mass is 10.2. The summed E-state index contributed by atoms with van der Waals surface area (Å²) in [5.74, 6) is -0.346. The Morgan fingerprint density at radius 3 is 2.33 bits per heavy atom. The third kappa shape index (κ3) is 3.58. The minimum absolute atomic E-state index is 0.284. The Bertz CT molecular complexity index is 873. The number of carbonyl (C=O) groups is 2. The number of rotatable bonds is 4. The molecular weight excluding hydrogens is 306 g/mol. The van der Waals surface area contributed by atoms with Gasteiger partial charge >= 0.3 is 6.03 Å². The van der Waals surface area contributed by atoms with Crippen molar-refractivity contribution in [3.05, 3.63) is 72.6 Å². The van der Waals surface area contributed by atoms with E-state index in [1.54, 1.807) is 41.2 Å². The molecule has 3 rings (SSSR count). The topological polar surface area (TPSA) is 102 Å². The second kappa shape index (κ2) is 6.66. The predicted molar refractivity (Wildman–Crippen MR) is 91.2 cm³/mol. The number of nitrogens with two attached hydrogens (primary N) is 1. The van der Waals surface area contributed by atoms with Gasteiger partial charge in [-0.25, -0.2) is 9.48 Å². The van der Waals surface area contributed by atoms with E-state index in [4.69, 9.17) is 5.73 Å². The van der Waals surface area contributed by atoms with Crippen molar-refractivity contribution in [2.45, 2.75) is 0 Å². The summed E-state index contributed by atoms with van der Waals surface area (Å²) < 4.78 is 1.62. The smallest absolute Gasteiger partial charge is 0.316 e. The Kier molecular flexibility index (Phi) is 4.24. The highest BCUT2D eigenvalue weighted by Crippen LogP contribution is 2.16. The summed E-state index contributed by atoms with van der Waals surface area (Å²) in [5.41, 5.74) is 7.25. The molecule has 24 heavy (non-hydrogen) atoms. The molecule has 3 amide bonds. The van der Waals surface area contributed by atoms with Gasteiger partial charge in [0, 0.05) is 17.6 Å². The highest BCUT2D eigenvalue weighted by Gasteiger charge is 2.11. The Hall–Kier alpha value is -3.61. The largest absolute Gasteiger partial charge is 0.351 e. The van der Waals surface area contributed by atoms with Crippen LogP contribution >= 0.6 is 0 Å². The third-order valence-electron chi connectivity index (χ3n) is 3.23. The van der Waals surface area contributed by atoms with E-state index in [-0.39, 0.29) is 11.6 Å². The standard InChI is InChI=1S/C17H15N5O2/c18-17(24)20-13-6-4-5-12(11-13)19-16(23)15-9-10-22(21-15)14-7-2-1-3-8-14/h1-11H,(H,19,23)(H3,18,20,24). The number of hydrogen-bond donors (Lipinski definition) is 3. The lowest BCUT2D eigenvalue weighted by Crippen LogP contribution is -2.19. The summed E-state index contributed by atoms with van der Waals surface area (Å²) in [6, 6.07) is 17.1. The lowest BCUT2D eigenvalue weighted by Gasteiger charge is -2.06. The number of hydrogen-bond acceptors (Lipinski definition) is 3. The number of aromatic nitrogens is 2. The van der Waals surface area contributed by atoms with Crippen LogP contribution in [0.15, 0.2) is 66.9 Å². The van der Waals surface area contributed by atoms with Gasteiger partial charge in [0.05, 0.1) is 5.69 Å². The van der Waals surface area contributed by atoms with Crippen molar-refractivity contribution < 1.29 is 9.59 Å². The first-order valence-electron chi connectivity index (χ1n) is 7.21. The molecule has 0 radical (unpaired) electrons. The first-order chi connectivity index (χ1) is 11.6. The third-order valence-corrected chi connectivity index (χ3v) is 3.23. The molecular formula is C17H15N5O2. The molecule has 0 fully saturated rings. The molecule has 0 saturated heterocycles. The molecule has 0 spiro atoms. The minimum atomic E-state index is -0.667. The summed E-state index contributed by atoms with van der Waals surface area (Å²) in [5, 5.41) is 9.44. The lowest BCUT2D eigenvalue weighted by molar-refractivity contribution is 0.102. The first-order valence-corrected chi connectivity index (χ1v) is 7.21. The molecule has 0 saturated carbocycles. The van der Waals surface area contributed by atoms with Crippen molar-refractivity contribution in [2.24, 2.45) is 5.73 Å². The fourth-order valence-electron chi connectivity index (χ4n) is 2.18. The van der Waals surface area contributed by atoms with E-state index in [9.17, 15) is 9.59 Å². The minimum Gasteiger partial charge on any atom is -0.351 e. The second-order valence-corrected chi connectivity index (χ2v) is 5.01. The molecule has 7 nitrogen and oxygen atoms in total. The first kappa shape index (κ1) is 15.3. The summed E-state index contributed by atoms with van der Waals surface area (Å²) in [6.45, 7) is 0. The van der Waals surface area contributed by atoms with Gasteiger partial charge in [-0.2, -0.15) is 5.10 Å². The number of benzene rings is 2. The molecule has 0 atom stereocenters. The Morgan fingerprint density at radius 2 is 1.62 bits per heavy atom. The molecule has 0 bridgehead atoms. The number of anilines is 2. The van der Waals surface area contributed by atoms with Crippen molar-refractivity contribution >= 4 is 23.3 Å². The van der Waals surface area contributed by atoms with Crippen molar-refractivity contribution in [1.29, 1.82) is 0 Å². The Labute approximate surface area is 138 Å². The fourth-order valence-corrected chi connectivity index (χ4v) is 2.18. The summed E-state index contributed by atoms with van der Waals surface area (Å²) in [4.78, 5) is 23.2. The zero-order chi connectivity index (χ0) is 16.9. The van der Waals surface area contributed by atoms with Crippen molar-refractivity contribution in [1.82, 2.24) is 9.78 Å². The number of nitrogens with one attached hydrogen (secondary N) is 2. The zero-order valence-corrected chi connectivity index (χ0v) is 12.6. The van der Waals surface area contributed by atoms with Crippen molar-refractivity contribution in [2.75, 3.05) is 10.6 Å². The number of amides is 3. The number of para-hydroxylation sites is 1. The van der Waals surface area contributed by atoms with Gasteiger partial charge in [-0.05, 0) is 36.4 Å². The van der Waals surface area contributed by atoms with Crippen LogP contribution < -0.4 is 16.4 Å². The van der Waals surface area contributed by atoms with Crippen molar-refractivity contribution in [3.63, 3.8) is 0 Å². The van der Waals surface area contributed by atoms with Crippen LogP contribution in [0.2, 0.25) is 0 Å². The molecule has 3 aromatic rings. The second-order valence-electron chi connectivity index (χ2n) is 5.01. The van der Waals surface area contributed by atoms with E-state index in [1.165, 1.54) is 0 Å². The van der Waals surface area contributed by atoms with Gasteiger partial charge in [-0.3, -0.25) is 4.79 Å². The van der Waals surface area contributed by atoms with Gasteiger partial charge in [0.25, 0.3) is 5.91 Å². The Morgan fingerprint density at radius 1 is 0.917 bits per heavy atom. The van der Waals surface area contributed by atoms with E-state index in [2.05, 4.69) is 15.7 Å². The summed E-state index contributed by atoms with van der Waals surface area (Å²) in [6.07, 6.45) is 1.72. The molecule has 120 valence electrons. The normalized spacial score (nSPS) is 10.2. The SMILES string of the molecule is NC(=O)Nc1cccc(NC(=O)c2ccn(-c3ccccc3)n2)c1. The molecule has 2 aromatic carbocycles. The maximum atomic E-state index is 12.3. The molecule has 4 N–H and O–H groups in total. The molecule has 1 heterocycles.